The maximum atomic E-state index is 5.76. The zero-order valence-corrected chi connectivity index (χ0v) is 13.8. The molecule has 0 spiro atoms. The molecule has 5 rings (SSSR count). The van der Waals surface area contributed by atoms with Crippen LogP contribution in [-0.2, 0) is 6.54 Å². The maximum Gasteiger partial charge on any atom is 0.290 e. The monoisotopic (exact) mass is 321 g/mol. The van der Waals surface area contributed by atoms with Crippen LogP contribution in [0, 0.1) is 12.3 Å². The average molecular weight is 321 g/mol. The number of para-hydroxylation sites is 2. The lowest BCUT2D eigenvalue weighted by atomic mass is 10.0. The number of anilines is 2. The lowest BCUT2D eigenvalue weighted by Gasteiger charge is -2.15. The summed E-state index contributed by atoms with van der Waals surface area (Å²) in [5.41, 5.74) is 3.32. The molecule has 0 fully saturated rings. The van der Waals surface area contributed by atoms with Crippen LogP contribution in [0.15, 0.2) is 72.8 Å². The molecule has 0 bridgehead atoms. The predicted molar refractivity (Wildman–Crippen MR) is 103 cm³/mol. The smallest absolute Gasteiger partial charge is 0.222 e. The van der Waals surface area contributed by atoms with E-state index in [1.165, 1.54) is 27.5 Å². The van der Waals surface area contributed by atoms with Crippen molar-refractivity contribution in [2.75, 3.05) is 11.4 Å². The van der Waals surface area contributed by atoms with Crippen LogP contribution in [0.3, 0.4) is 0 Å². The largest absolute Gasteiger partial charge is 0.290 e. The number of aromatic nitrogens is 1. The fourth-order valence-corrected chi connectivity index (χ4v) is 4.00. The van der Waals surface area contributed by atoms with E-state index in [4.69, 9.17) is 6.42 Å². The normalized spacial score (nSPS) is 13.2. The topological polar surface area (TPSA) is 7.12 Å². The van der Waals surface area contributed by atoms with Gasteiger partial charge in [-0.2, -0.15) is 0 Å². The summed E-state index contributed by atoms with van der Waals surface area (Å²) >= 11 is 0. The first kappa shape index (κ1) is 14.1. The minimum absolute atomic E-state index is 0.927. The Morgan fingerprint density at radius 3 is 2.32 bits per heavy atom. The van der Waals surface area contributed by atoms with Gasteiger partial charge in [-0.1, -0.05) is 54.5 Å². The number of fused-ring (bicyclic) bond motifs is 6. The summed E-state index contributed by atoms with van der Waals surface area (Å²) in [7, 11) is 0. The molecule has 1 aliphatic heterocycles. The van der Waals surface area contributed by atoms with E-state index in [-0.39, 0.29) is 0 Å². The van der Waals surface area contributed by atoms with E-state index in [9.17, 15) is 0 Å². The van der Waals surface area contributed by atoms with Gasteiger partial charge in [-0.25, -0.2) is 9.47 Å². The molecular formula is C23H17N2+. The van der Waals surface area contributed by atoms with Gasteiger partial charge in [-0.15, -0.1) is 6.42 Å². The van der Waals surface area contributed by atoms with Crippen LogP contribution in [0.2, 0.25) is 0 Å². The number of benzene rings is 3. The molecule has 0 atom stereocenters. The second-order valence-corrected chi connectivity index (χ2v) is 6.35. The number of pyridine rings is 1. The molecule has 0 saturated heterocycles. The van der Waals surface area contributed by atoms with Crippen molar-refractivity contribution in [3.05, 3.63) is 78.4 Å². The summed E-state index contributed by atoms with van der Waals surface area (Å²) in [6.45, 7) is 1.89. The van der Waals surface area contributed by atoms with Crippen LogP contribution in [0.25, 0.3) is 21.7 Å². The summed E-state index contributed by atoms with van der Waals surface area (Å²) < 4.78 is 2.42. The Balaban J connectivity index is 1.89. The third-order valence-electron chi connectivity index (χ3n) is 5.06. The van der Waals surface area contributed by atoms with Gasteiger partial charge in [0.2, 0.25) is 0 Å². The number of terminal acetylenes is 1. The third-order valence-corrected chi connectivity index (χ3v) is 5.06. The van der Waals surface area contributed by atoms with E-state index in [1.54, 1.807) is 0 Å². The summed E-state index contributed by atoms with van der Waals surface area (Å²) in [6.07, 6.45) is 5.76. The van der Waals surface area contributed by atoms with Crippen molar-refractivity contribution in [3.63, 3.8) is 0 Å². The molecule has 1 aromatic heterocycles. The van der Waals surface area contributed by atoms with Crippen molar-refractivity contribution in [2.45, 2.75) is 6.54 Å². The molecule has 0 radical (unpaired) electrons. The second kappa shape index (κ2) is 5.36. The van der Waals surface area contributed by atoms with E-state index in [1.807, 2.05) is 12.1 Å². The van der Waals surface area contributed by atoms with Crippen molar-refractivity contribution < 1.29 is 4.57 Å². The van der Waals surface area contributed by atoms with Crippen LogP contribution in [0.4, 0.5) is 11.5 Å². The van der Waals surface area contributed by atoms with Gasteiger partial charge in [0.05, 0.1) is 10.9 Å². The Morgan fingerprint density at radius 1 is 0.800 bits per heavy atom. The molecule has 118 valence electrons. The third kappa shape index (κ3) is 1.96. The van der Waals surface area contributed by atoms with E-state index in [0.29, 0.717) is 0 Å². The molecule has 1 aliphatic rings. The zero-order chi connectivity index (χ0) is 16.8. The summed E-state index contributed by atoms with van der Waals surface area (Å²) in [6, 6.07) is 25.5. The van der Waals surface area contributed by atoms with Gasteiger partial charge < -0.3 is 0 Å². The number of hydrogen-bond acceptors (Lipinski definition) is 1. The van der Waals surface area contributed by atoms with Crippen molar-refractivity contribution in [1.29, 1.82) is 0 Å². The van der Waals surface area contributed by atoms with Crippen LogP contribution >= 0.6 is 0 Å². The quantitative estimate of drug-likeness (QED) is 0.286. The minimum Gasteiger partial charge on any atom is -0.222 e. The summed E-state index contributed by atoms with van der Waals surface area (Å²) in [5.74, 6) is 4.07. The minimum atomic E-state index is 0.927. The first-order valence-electron chi connectivity index (χ1n) is 8.55. The number of rotatable bonds is 1. The van der Waals surface area contributed by atoms with Gasteiger partial charge in [-0.3, -0.25) is 0 Å². The van der Waals surface area contributed by atoms with Gasteiger partial charge in [-0.05, 0) is 24.3 Å². The Labute approximate surface area is 146 Å². The van der Waals surface area contributed by atoms with Crippen LogP contribution in [0.1, 0.15) is 5.56 Å². The Hall–Kier alpha value is -3.31. The van der Waals surface area contributed by atoms with E-state index >= 15 is 0 Å². The number of nitrogens with zero attached hydrogens (tertiary/aromatic N) is 2. The lowest BCUT2D eigenvalue weighted by Crippen LogP contribution is -2.32. The molecule has 4 aromatic rings. The molecule has 2 heterocycles. The van der Waals surface area contributed by atoms with Crippen molar-refractivity contribution in [2.24, 2.45) is 0 Å². The Bertz CT molecular complexity index is 1170. The average Bonchev–Trinajstić information content (AvgIpc) is 3.13. The van der Waals surface area contributed by atoms with E-state index in [2.05, 4.69) is 76.1 Å². The first-order chi connectivity index (χ1) is 12.4. The SMILES string of the molecule is C#Cc1ccccc1N1CC[n+]2c1c1ccccc1c1ccccc12. The lowest BCUT2D eigenvalue weighted by molar-refractivity contribution is -0.643. The van der Waals surface area contributed by atoms with Gasteiger partial charge in [0.25, 0.3) is 5.82 Å². The molecule has 3 aromatic carbocycles. The van der Waals surface area contributed by atoms with Crippen molar-refractivity contribution in [1.82, 2.24) is 0 Å². The fourth-order valence-electron chi connectivity index (χ4n) is 4.00. The fraction of sp³-hybridized carbons (Fsp3) is 0.0870. The van der Waals surface area contributed by atoms with Gasteiger partial charge >= 0.3 is 0 Å². The zero-order valence-electron chi connectivity index (χ0n) is 13.8. The molecule has 0 N–H and O–H groups in total. The van der Waals surface area contributed by atoms with E-state index in [0.717, 1.165) is 24.3 Å². The number of hydrogen-bond donors (Lipinski definition) is 0. The van der Waals surface area contributed by atoms with E-state index < -0.39 is 0 Å². The highest BCUT2D eigenvalue weighted by atomic mass is 15.3. The highest BCUT2D eigenvalue weighted by molar-refractivity contribution is 6.08. The molecular weight excluding hydrogens is 304 g/mol. The van der Waals surface area contributed by atoms with Crippen LogP contribution < -0.4 is 9.47 Å². The van der Waals surface area contributed by atoms with Crippen LogP contribution in [0.5, 0.6) is 0 Å². The van der Waals surface area contributed by atoms with Crippen LogP contribution in [-0.4, -0.2) is 6.54 Å². The summed E-state index contributed by atoms with van der Waals surface area (Å²) in [5, 5.41) is 3.86. The highest BCUT2D eigenvalue weighted by Crippen LogP contribution is 2.36. The molecule has 2 nitrogen and oxygen atoms in total. The maximum absolute atomic E-state index is 5.76. The Kier molecular flexibility index (Phi) is 3.02. The molecule has 0 saturated carbocycles. The standard InChI is InChI=1S/C23H17N2/c1-2-17-9-3-7-13-21(17)24-15-16-25-22-14-8-6-11-19(22)18-10-4-5-12-20(18)23(24)25/h1,3-14H,15-16H2/q+1. The molecule has 2 heteroatoms. The summed E-state index contributed by atoms with van der Waals surface area (Å²) in [4.78, 5) is 2.37. The molecule has 0 aliphatic carbocycles. The molecule has 25 heavy (non-hydrogen) atoms. The Morgan fingerprint density at radius 2 is 1.48 bits per heavy atom. The second-order valence-electron chi connectivity index (χ2n) is 6.35. The molecule has 0 unspecified atom stereocenters. The van der Waals surface area contributed by atoms with Crippen molar-refractivity contribution >= 4 is 33.2 Å². The highest BCUT2D eigenvalue weighted by Gasteiger charge is 2.34. The van der Waals surface area contributed by atoms with Crippen molar-refractivity contribution in [3.8, 4) is 12.3 Å². The van der Waals surface area contributed by atoms with Gasteiger partial charge in [0, 0.05) is 10.8 Å². The van der Waals surface area contributed by atoms with Gasteiger partial charge in [0.1, 0.15) is 24.3 Å². The predicted octanol–water partition coefficient (Wildman–Crippen LogP) is 4.41. The van der Waals surface area contributed by atoms with Gasteiger partial charge in [0.15, 0.2) is 0 Å². The first-order valence-corrected chi connectivity index (χ1v) is 8.55. The molecule has 0 amide bonds.